The van der Waals surface area contributed by atoms with Crippen LogP contribution >= 0.6 is 0 Å². The van der Waals surface area contributed by atoms with Crippen LogP contribution in [0.25, 0.3) is 33.4 Å². The molecule has 0 saturated heterocycles. The molecule has 0 bridgehead atoms. The van der Waals surface area contributed by atoms with Gasteiger partial charge < -0.3 is 0 Å². The van der Waals surface area contributed by atoms with Gasteiger partial charge >= 0.3 is 0 Å². The van der Waals surface area contributed by atoms with Gasteiger partial charge in [0.1, 0.15) is 0 Å². The molecule has 0 unspecified atom stereocenters. The van der Waals surface area contributed by atoms with Crippen molar-refractivity contribution in [1.82, 2.24) is 0 Å². The standard InChI is InChI=1S/C33H34/c1-3-5-9-24-11-7-13-26(19-24)28-15-17-32-30(21-28)23-31-22-29(16-18-33(31)32)27-14-8-12-25(20-27)10-6-4-2/h7-8,11-22H,3-6,9-10,23H2,1-2H3. The van der Waals surface area contributed by atoms with Crippen LogP contribution in [0, 0.1) is 0 Å². The van der Waals surface area contributed by atoms with Crippen LogP contribution < -0.4 is 0 Å². The van der Waals surface area contributed by atoms with Gasteiger partial charge in [-0.1, -0.05) is 112 Å². The van der Waals surface area contributed by atoms with Crippen molar-refractivity contribution >= 4 is 0 Å². The van der Waals surface area contributed by atoms with Crippen molar-refractivity contribution in [3.63, 3.8) is 0 Å². The molecule has 0 atom stereocenters. The van der Waals surface area contributed by atoms with E-state index in [9.17, 15) is 0 Å². The maximum Gasteiger partial charge on any atom is -0.00130 e. The number of unbranched alkanes of at least 4 members (excludes halogenated alkanes) is 2. The first-order valence-corrected chi connectivity index (χ1v) is 12.7. The fraction of sp³-hybridized carbons (Fsp3) is 0.273. The highest BCUT2D eigenvalue weighted by Gasteiger charge is 2.19. The number of fused-ring (bicyclic) bond motifs is 3. The molecular weight excluding hydrogens is 396 g/mol. The number of hydrogen-bond donors (Lipinski definition) is 0. The maximum atomic E-state index is 2.42. The SMILES string of the molecule is CCCCc1cccc(-c2ccc3c(c2)Cc2cc(-c4cccc(CCCC)c4)ccc2-3)c1. The van der Waals surface area contributed by atoms with Crippen LogP contribution in [0.4, 0.5) is 0 Å². The maximum absolute atomic E-state index is 2.42. The van der Waals surface area contributed by atoms with Gasteiger partial charge in [0.05, 0.1) is 0 Å². The Morgan fingerprint density at radius 3 is 1.42 bits per heavy atom. The second-order valence-electron chi connectivity index (χ2n) is 9.53. The summed E-state index contributed by atoms with van der Waals surface area (Å²) in [5.41, 5.74) is 14.0. The summed E-state index contributed by atoms with van der Waals surface area (Å²) in [6.45, 7) is 4.52. The summed E-state index contributed by atoms with van der Waals surface area (Å²) in [6.07, 6.45) is 8.36. The summed E-state index contributed by atoms with van der Waals surface area (Å²) in [4.78, 5) is 0. The fourth-order valence-corrected chi connectivity index (χ4v) is 5.14. The lowest BCUT2D eigenvalue weighted by Crippen LogP contribution is -1.88. The summed E-state index contributed by atoms with van der Waals surface area (Å²) in [7, 11) is 0. The molecule has 0 aromatic heterocycles. The van der Waals surface area contributed by atoms with Crippen LogP contribution in [0.3, 0.4) is 0 Å². The van der Waals surface area contributed by atoms with Crippen LogP contribution in [0.2, 0.25) is 0 Å². The number of benzene rings is 4. The minimum Gasteiger partial charge on any atom is -0.0654 e. The third kappa shape index (κ3) is 4.67. The summed E-state index contributed by atoms with van der Waals surface area (Å²) in [5, 5.41) is 0. The van der Waals surface area contributed by atoms with Crippen molar-refractivity contribution in [3.8, 4) is 33.4 Å². The van der Waals surface area contributed by atoms with Gasteiger partial charge in [0.2, 0.25) is 0 Å². The molecule has 0 heterocycles. The van der Waals surface area contributed by atoms with E-state index in [4.69, 9.17) is 0 Å². The van der Waals surface area contributed by atoms with Crippen LogP contribution in [-0.4, -0.2) is 0 Å². The third-order valence-electron chi connectivity index (χ3n) is 7.04. The summed E-state index contributed by atoms with van der Waals surface area (Å²) >= 11 is 0. The van der Waals surface area contributed by atoms with Crippen LogP contribution in [-0.2, 0) is 19.3 Å². The molecule has 0 radical (unpaired) electrons. The summed E-state index contributed by atoms with van der Waals surface area (Å²) in [6, 6.07) is 32.3. The highest BCUT2D eigenvalue weighted by Crippen LogP contribution is 2.40. The Bertz CT molecular complexity index is 1160. The molecule has 0 nitrogen and oxygen atoms in total. The molecule has 33 heavy (non-hydrogen) atoms. The largest absolute Gasteiger partial charge is 0.0654 e. The van der Waals surface area contributed by atoms with E-state index in [-0.39, 0.29) is 0 Å². The first kappa shape index (κ1) is 21.7. The average molecular weight is 431 g/mol. The first-order valence-electron chi connectivity index (χ1n) is 12.7. The lowest BCUT2D eigenvalue weighted by molar-refractivity contribution is 0.795. The molecular formula is C33H34. The predicted octanol–water partition coefficient (Wildman–Crippen LogP) is 9.28. The van der Waals surface area contributed by atoms with Gasteiger partial charge in [0, 0.05) is 0 Å². The van der Waals surface area contributed by atoms with Crippen LogP contribution in [0.5, 0.6) is 0 Å². The van der Waals surface area contributed by atoms with Gasteiger partial charge in [-0.3, -0.25) is 0 Å². The third-order valence-corrected chi connectivity index (χ3v) is 7.04. The monoisotopic (exact) mass is 430 g/mol. The molecule has 1 aliphatic rings. The zero-order valence-corrected chi connectivity index (χ0v) is 20.0. The van der Waals surface area contributed by atoms with E-state index < -0.39 is 0 Å². The molecule has 0 heteroatoms. The highest BCUT2D eigenvalue weighted by molar-refractivity contribution is 5.82. The second-order valence-corrected chi connectivity index (χ2v) is 9.53. The zero-order valence-electron chi connectivity index (χ0n) is 20.0. The Labute approximate surface area is 199 Å². The zero-order chi connectivity index (χ0) is 22.6. The van der Waals surface area contributed by atoms with Gasteiger partial charge in [0.15, 0.2) is 0 Å². The lowest BCUT2D eigenvalue weighted by Gasteiger charge is -2.09. The second kappa shape index (κ2) is 9.79. The van der Waals surface area contributed by atoms with E-state index in [0.29, 0.717) is 0 Å². The first-order chi connectivity index (χ1) is 16.2. The Kier molecular flexibility index (Phi) is 6.44. The Balaban J connectivity index is 1.41. The molecule has 0 saturated carbocycles. The number of rotatable bonds is 8. The van der Waals surface area contributed by atoms with Crippen molar-refractivity contribution < 1.29 is 0 Å². The van der Waals surface area contributed by atoms with E-state index in [2.05, 4.69) is 98.8 Å². The minimum atomic E-state index is 1.03. The van der Waals surface area contributed by atoms with Crippen LogP contribution in [0.1, 0.15) is 61.8 Å². The molecule has 0 spiro atoms. The Hall–Kier alpha value is -3.12. The normalized spacial score (nSPS) is 11.9. The van der Waals surface area contributed by atoms with Gasteiger partial charge in [-0.05, 0) is 87.7 Å². The smallest absolute Gasteiger partial charge is 0.00130 e. The van der Waals surface area contributed by atoms with E-state index in [1.165, 1.54) is 94.2 Å². The molecule has 5 rings (SSSR count). The highest BCUT2D eigenvalue weighted by atomic mass is 14.2. The van der Waals surface area contributed by atoms with Crippen molar-refractivity contribution in [2.24, 2.45) is 0 Å². The van der Waals surface area contributed by atoms with Crippen LogP contribution in [0.15, 0.2) is 84.9 Å². The molecule has 0 amide bonds. The van der Waals surface area contributed by atoms with Gasteiger partial charge in [-0.15, -0.1) is 0 Å². The van der Waals surface area contributed by atoms with E-state index in [0.717, 1.165) is 6.42 Å². The predicted molar refractivity (Wildman–Crippen MR) is 143 cm³/mol. The van der Waals surface area contributed by atoms with Gasteiger partial charge in [0.25, 0.3) is 0 Å². The van der Waals surface area contributed by atoms with E-state index in [1.807, 2.05) is 0 Å². The molecule has 0 N–H and O–H groups in total. The molecule has 0 aliphatic heterocycles. The summed E-state index contributed by atoms with van der Waals surface area (Å²) < 4.78 is 0. The Morgan fingerprint density at radius 2 is 0.970 bits per heavy atom. The minimum absolute atomic E-state index is 1.03. The number of aryl methyl sites for hydroxylation is 2. The Morgan fingerprint density at radius 1 is 0.515 bits per heavy atom. The van der Waals surface area contributed by atoms with Crippen molar-refractivity contribution in [2.45, 2.75) is 58.8 Å². The lowest BCUT2D eigenvalue weighted by atomic mass is 9.96. The van der Waals surface area contributed by atoms with Crippen molar-refractivity contribution in [2.75, 3.05) is 0 Å². The average Bonchev–Trinajstić information content (AvgIpc) is 3.23. The van der Waals surface area contributed by atoms with E-state index in [1.54, 1.807) is 0 Å². The molecule has 4 aromatic rings. The topological polar surface area (TPSA) is 0 Å². The quantitative estimate of drug-likeness (QED) is 0.230. The molecule has 0 fully saturated rings. The fourth-order valence-electron chi connectivity index (χ4n) is 5.14. The van der Waals surface area contributed by atoms with E-state index >= 15 is 0 Å². The number of hydrogen-bond acceptors (Lipinski definition) is 0. The summed E-state index contributed by atoms with van der Waals surface area (Å²) in [5.74, 6) is 0. The van der Waals surface area contributed by atoms with Gasteiger partial charge in [-0.2, -0.15) is 0 Å². The van der Waals surface area contributed by atoms with Crippen molar-refractivity contribution in [3.05, 3.63) is 107 Å². The molecule has 166 valence electrons. The molecule has 1 aliphatic carbocycles. The van der Waals surface area contributed by atoms with Crippen molar-refractivity contribution in [1.29, 1.82) is 0 Å². The van der Waals surface area contributed by atoms with Gasteiger partial charge in [-0.25, -0.2) is 0 Å². The molecule has 4 aromatic carbocycles.